The smallest absolute Gasteiger partial charge is 0.123 e. The molecule has 0 saturated carbocycles. The quantitative estimate of drug-likeness (QED) is 0.547. The summed E-state index contributed by atoms with van der Waals surface area (Å²) in [6.45, 7) is 4.77. The van der Waals surface area contributed by atoms with Crippen LogP contribution < -0.4 is 4.74 Å². The van der Waals surface area contributed by atoms with Gasteiger partial charge in [0, 0.05) is 6.42 Å². The minimum atomic E-state index is -0.239. The largest absolute Gasteiger partial charge is 0.489 e. The first-order chi connectivity index (χ1) is 7.29. The van der Waals surface area contributed by atoms with Crippen molar-refractivity contribution >= 4 is 0 Å². The summed E-state index contributed by atoms with van der Waals surface area (Å²) in [5.74, 6) is 0.475. The molecule has 1 heterocycles. The molecule has 2 rings (SSSR count). The molecule has 0 N–H and O–H groups in total. The zero-order valence-electron chi connectivity index (χ0n) is 8.41. The van der Waals surface area contributed by atoms with Gasteiger partial charge in [-0.2, -0.15) is 0 Å². The standard InChI is InChI=1S/C12H13FO2/c1-2-5-14-12-4-3-10(13)6-9(12)7-11-8-15-11/h2-4,6,11H,1,5,7-8H2. The monoisotopic (exact) mass is 208 g/mol. The van der Waals surface area contributed by atoms with E-state index in [2.05, 4.69) is 6.58 Å². The molecule has 2 nitrogen and oxygen atoms in total. The van der Waals surface area contributed by atoms with E-state index in [0.717, 1.165) is 12.2 Å². The highest BCUT2D eigenvalue weighted by Crippen LogP contribution is 2.25. The minimum Gasteiger partial charge on any atom is -0.489 e. The third-order valence-corrected chi connectivity index (χ3v) is 2.23. The van der Waals surface area contributed by atoms with Crippen LogP contribution in [0.5, 0.6) is 5.75 Å². The molecular formula is C12H13FO2. The van der Waals surface area contributed by atoms with Crippen molar-refractivity contribution < 1.29 is 13.9 Å². The highest BCUT2D eigenvalue weighted by Gasteiger charge is 2.24. The molecule has 15 heavy (non-hydrogen) atoms. The van der Waals surface area contributed by atoms with Crippen molar-refractivity contribution in [2.75, 3.05) is 13.2 Å². The average molecular weight is 208 g/mol. The number of hydrogen-bond acceptors (Lipinski definition) is 2. The van der Waals surface area contributed by atoms with E-state index < -0.39 is 0 Å². The van der Waals surface area contributed by atoms with Crippen molar-refractivity contribution in [3.05, 3.63) is 42.2 Å². The average Bonchev–Trinajstić information content (AvgIpc) is 3.01. The van der Waals surface area contributed by atoms with Gasteiger partial charge < -0.3 is 9.47 Å². The first-order valence-corrected chi connectivity index (χ1v) is 4.93. The summed E-state index contributed by atoms with van der Waals surface area (Å²) in [5.41, 5.74) is 0.861. The molecule has 3 heteroatoms. The molecule has 80 valence electrons. The van der Waals surface area contributed by atoms with E-state index in [0.29, 0.717) is 18.8 Å². The summed E-state index contributed by atoms with van der Waals surface area (Å²) >= 11 is 0. The van der Waals surface area contributed by atoms with Crippen LogP contribution in [0.2, 0.25) is 0 Å². The first-order valence-electron chi connectivity index (χ1n) is 4.93. The van der Waals surface area contributed by atoms with Gasteiger partial charge in [0.2, 0.25) is 0 Å². The third kappa shape index (κ3) is 2.80. The van der Waals surface area contributed by atoms with Crippen LogP contribution in [0.3, 0.4) is 0 Å². The van der Waals surface area contributed by atoms with Gasteiger partial charge in [-0.3, -0.25) is 0 Å². The van der Waals surface area contributed by atoms with Crippen LogP contribution in [-0.2, 0) is 11.2 Å². The predicted molar refractivity (Wildman–Crippen MR) is 55.5 cm³/mol. The fourth-order valence-corrected chi connectivity index (χ4v) is 1.43. The van der Waals surface area contributed by atoms with Gasteiger partial charge in [-0.15, -0.1) is 0 Å². The Hall–Kier alpha value is -1.35. The molecule has 0 spiro atoms. The summed E-state index contributed by atoms with van der Waals surface area (Å²) in [6, 6.07) is 4.55. The van der Waals surface area contributed by atoms with Crippen LogP contribution in [-0.4, -0.2) is 19.3 Å². The van der Waals surface area contributed by atoms with Gasteiger partial charge in [-0.05, 0) is 23.8 Å². The molecule has 1 saturated heterocycles. The normalized spacial score (nSPS) is 18.6. The highest BCUT2D eigenvalue weighted by atomic mass is 19.1. The van der Waals surface area contributed by atoms with Crippen molar-refractivity contribution in [1.29, 1.82) is 0 Å². The summed E-state index contributed by atoms with van der Waals surface area (Å²) in [6.07, 6.45) is 2.61. The molecule has 0 amide bonds. The van der Waals surface area contributed by atoms with Crippen molar-refractivity contribution in [1.82, 2.24) is 0 Å². The Bertz CT molecular complexity index is 359. The van der Waals surface area contributed by atoms with Gasteiger partial charge in [0.15, 0.2) is 0 Å². The number of ether oxygens (including phenoxy) is 2. The summed E-state index contributed by atoms with van der Waals surface area (Å²) in [4.78, 5) is 0. The zero-order valence-corrected chi connectivity index (χ0v) is 8.41. The van der Waals surface area contributed by atoms with Crippen LogP contribution >= 0.6 is 0 Å². The van der Waals surface area contributed by atoms with Gasteiger partial charge in [0.25, 0.3) is 0 Å². The van der Waals surface area contributed by atoms with Crippen LogP contribution in [0.4, 0.5) is 4.39 Å². The lowest BCUT2D eigenvalue weighted by Gasteiger charge is -2.09. The van der Waals surface area contributed by atoms with E-state index in [1.807, 2.05) is 0 Å². The molecule has 1 atom stereocenters. The topological polar surface area (TPSA) is 21.8 Å². The van der Waals surface area contributed by atoms with Crippen LogP contribution in [0.1, 0.15) is 5.56 Å². The number of hydrogen-bond donors (Lipinski definition) is 0. The van der Waals surface area contributed by atoms with Crippen molar-refractivity contribution in [3.63, 3.8) is 0 Å². The Morgan fingerprint density at radius 1 is 1.60 bits per heavy atom. The van der Waals surface area contributed by atoms with Gasteiger partial charge in [-0.25, -0.2) is 4.39 Å². The van der Waals surface area contributed by atoms with Gasteiger partial charge in [-0.1, -0.05) is 12.7 Å². The van der Waals surface area contributed by atoms with Crippen LogP contribution in [0.15, 0.2) is 30.9 Å². The lowest BCUT2D eigenvalue weighted by atomic mass is 10.1. The predicted octanol–water partition coefficient (Wildman–Crippen LogP) is 2.33. The number of rotatable bonds is 5. The van der Waals surface area contributed by atoms with Crippen molar-refractivity contribution in [2.45, 2.75) is 12.5 Å². The second kappa shape index (κ2) is 4.45. The van der Waals surface area contributed by atoms with E-state index in [1.165, 1.54) is 12.1 Å². The maximum atomic E-state index is 13.0. The molecule has 1 aliphatic rings. The van der Waals surface area contributed by atoms with E-state index in [9.17, 15) is 4.39 Å². The number of halogens is 1. The minimum absolute atomic E-state index is 0.234. The van der Waals surface area contributed by atoms with E-state index >= 15 is 0 Å². The number of epoxide rings is 1. The van der Waals surface area contributed by atoms with Crippen molar-refractivity contribution in [2.24, 2.45) is 0 Å². The molecule has 1 aromatic carbocycles. The first kappa shape index (κ1) is 10.2. The fourth-order valence-electron chi connectivity index (χ4n) is 1.43. The maximum Gasteiger partial charge on any atom is 0.123 e. The second-order valence-electron chi connectivity index (χ2n) is 3.51. The summed E-state index contributed by atoms with van der Waals surface area (Å²) in [7, 11) is 0. The van der Waals surface area contributed by atoms with Gasteiger partial charge >= 0.3 is 0 Å². The van der Waals surface area contributed by atoms with Crippen molar-refractivity contribution in [3.8, 4) is 5.75 Å². The number of benzene rings is 1. The highest BCUT2D eigenvalue weighted by molar-refractivity contribution is 5.35. The van der Waals surface area contributed by atoms with Crippen LogP contribution in [0.25, 0.3) is 0 Å². The lowest BCUT2D eigenvalue weighted by molar-refractivity contribution is 0.353. The zero-order chi connectivity index (χ0) is 10.7. The molecule has 1 unspecified atom stereocenters. The SMILES string of the molecule is C=CCOc1ccc(F)cc1CC1CO1. The Morgan fingerprint density at radius 2 is 2.40 bits per heavy atom. The Kier molecular flexibility index (Phi) is 3.02. The summed E-state index contributed by atoms with van der Waals surface area (Å²) < 4.78 is 23.6. The van der Waals surface area contributed by atoms with Gasteiger partial charge in [0.1, 0.15) is 18.2 Å². The van der Waals surface area contributed by atoms with E-state index in [-0.39, 0.29) is 11.9 Å². The Balaban J connectivity index is 2.13. The third-order valence-electron chi connectivity index (χ3n) is 2.23. The van der Waals surface area contributed by atoms with Gasteiger partial charge in [0.05, 0.1) is 12.7 Å². The van der Waals surface area contributed by atoms with E-state index in [4.69, 9.17) is 9.47 Å². The molecule has 0 aromatic heterocycles. The molecule has 1 fully saturated rings. The Morgan fingerprint density at radius 3 is 3.07 bits per heavy atom. The molecular weight excluding hydrogens is 195 g/mol. The van der Waals surface area contributed by atoms with E-state index in [1.54, 1.807) is 12.1 Å². The lowest BCUT2D eigenvalue weighted by Crippen LogP contribution is -2.01. The molecule has 1 aromatic rings. The maximum absolute atomic E-state index is 13.0. The molecule has 0 bridgehead atoms. The molecule has 0 aliphatic carbocycles. The molecule has 0 radical (unpaired) electrons. The summed E-state index contributed by atoms with van der Waals surface area (Å²) in [5, 5.41) is 0. The Labute approximate surface area is 88.3 Å². The van der Waals surface area contributed by atoms with Crippen LogP contribution in [0, 0.1) is 5.82 Å². The second-order valence-corrected chi connectivity index (χ2v) is 3.51. The molecule has 1 aliphatic heterocycles. The fraction of sp³-hybridized carbons (Fsp3) is 0.333.